The van der Waals surface area contributed by atoms with Crippen LogP contribution in [0.15, 0.2) is 60.8 Å². The number of hydrogen-bond acceptors (Lipinski definition) is 9. The molecule has 2 aliphatic rings. The Hall–Kier alpha value is -6.14. The normalized spacial score (nSPS) is 19.8. The third kappa shape index (κ3) is 9.44. The molecule has 2 aromatic carbocycles. The van der Waals surface area contributed by atoms with Crippen molar-refractivity contribution < 1.29 is 28.7 Å². The van der Waals surface area contributed by atoms with E-state index >= 15 is 0 Å². The average molecular weight is 847 g/mol. The molecule has 0 saturated carbocycles. The van der Waals surface area contributed by atoms with Gasteiger partial charge >= 0.3 is 12.2 Å². The second kappa shape index (κ2) is 18.2. The molecule has 0 bridgehead atoms. The van der Waals surface area contributed by atoms with Crippen LogP contribution in [0.4, 0.5) is 9.59 Å². The maximum atomic E-state index is 13.7. The van der Waals surface area contributed by atoms with Crippen LogP contribution in [-0.4, -0.2) is 93.1 Å². The van der Waals surface area contributed by atoms with Gasteiger partial charge < -0.3 is 39.9 Å². The van der Waals surface area contributed by atoms with Gasteiger partial charge in [-0.15, -0.1) is 11.3 Å². The molecule has 7 rings (SSSR count). The van der Waals surface area contributed by atoms with E-state index in [0.29, 0.717) is 30.5 Å². The van der Waals surface area contributed by atoms with Crippen molar-refractivity contribution in [2.24, 2.45) is 23.7 Å². The van der Waals surface area contributed by atoms with Crippen LogP contribution in [0.3, 0.4) is 0 Å². The number of alkyl carbamates (subject to hydrolysis) is 2. The Labute approximate surface area is 360 Å². The fourth-order valence-corrected chi connectivity index (χ4v) is 9.27. The highest BCUT2D eigenvalue weighted by Gasteiger charge is 2.41. The molecule has 2 fully saturated rings. The van der Waals surface area contributed by atoms with Gasteiger partial charge in [-0.2, -0.15) is 0 Å². The lowest BCUT2D eigenvalue weighted by atomic mass is 10.0. The van der Waals surface area contributed by atoms with Crippen LogP contribution >= 0.6 is 11.3 Å². The third-order valence-electron chi connectivity index (χ3n) is 11.5. The minimum atomic E-state index is -0.705. The fraction of sp³-hybridized carbons (Fsp3) is 0.435. The van der Waals surface area contributed by atoms with E-state index in [1.807, 2.05) is 44.7 Å². The standard InChI is InChI=1S/C46H54N8O6S/c1-25(2)38(50-45(57)59-7)43(55)53-23-27(5)19-35(53)40-47-22-33(48-40)18-11-29-9-12-30(13-10-29)31-14-16-32(17-15-31)37-21-34-42(61-37)52-41(49-34)36-20-28(6)24-54(36)44(56)39(26(3)4)51-46(58)60-8/h9-10,12-17,21-22,25-28,35-36,38-39H,19-20,23-24H2,1-8H3,(H,47,48)(H,49,52)(H,50,57)(H,51,58)/t27-,28-,35-,36-,38-,39-/m0/s1. The first kappa shape index (κ1) is 43.0. The number of fused-ring (bicyclic) bond motifs is 1. The molecule has 0 aliphatic carbocycles. The van der Waals surface area contributed by atoms with Crippen molar-refractivity contribution in [2.75, 3.05) is 27.3 Å². The summed E-state index contributed by atoms with van der Waals surface area (Å²) in [6, 6.07) is 16.8. The molecule has 320 valence electrons. The number of aromatic nitrogens is 4. The van der Waals surface area contributed by atoms with Gasteiger partial charge in [-0.3, -0.25) is 9.59 Å². The van der Waals surface area contributed by atoms with Crippen molar-refractivity contribution in [1.29, 1.82) is 0 Å². The van der Waals surface area contributed by atoms with Crippen LogP contribution in [0.1, 0.15) is 89.4 Å². The number of rotatable bonds is 10. The summed E-state index contributed by atoms with van der Waals surface area (Å²) < 4.78 is 9.55. The smallest absolute Gasteiger partial charge is 0.407 e. The maximum Gasteiger partial charge on any atom is 0.407 e. The Balaban J connectivity index is 0.991. The summed E-state index contributed by atoms with van der Waals surface area (Å²) in [5.41, 5.74) is 5.67. The van der Waals surface area contributed by atoms with Crippen LogP contribution in [0, 0.1) is 35.5 Å². The molecule has 0 radical (unpaired) electrons. The molecule has 4 N–H and O–H groups in total. The minimum absolute atomic E-state index is 0.107. The van der Waals surface area contributed by atoms with Crippen molar-refractivity contribution in [3.8, 4) is 33.4 Å². The highest BCUT2D eigenvalue weighted by atomic mass is 32.1. The average Bonchev–Trinajstić information content (AvgIpc) is 4.09. The van der Waals surface area contributed by atoms with Gasteiger partial charge in [-0.25, -0.2) is 19.6 Å². The van der Waals surface area contributed by atoms with Gasteiger partial charge in [0.15, 0.2) is 0 Å². The van der Waals surface area contributed by atoms with Crippen LogP contribution in [0.5, 0.6) is 0 Å². The molecule has 6 atom stereocenters. The Morgan fingerprint density at radius 3 is 1.75 bits per heavy atom. The summed E-state index contributed by atoms with van der Waals surface area (Å²) in [6.45, 7) is 13.0. The van der Waals surface area contributed by atoms with E-state index < -0.39 is 24.3 Å². The lowest BCUT2D eigenvalue weighted by molar-refractivity contribution is -0.136. The number of benzene rings is 2. The van der Waals surface area contributed by atoms with E-state index in [9.17, 15) is 19.2 Å². The summed E-state index contributed by atoms with van der Waals surface area (Å²) in [5, 5.41) is 5.41. The molecule has 2 saturated heterocycles. The summed E-state index contributed by atoms with van der Waals surface area (Å²) in [7, 11) is 2.58. The monoisotopic (exact) mass is 846 g/mol. The number of thiophene rings is 1. The lowest BCUT2D eigenvalue weighted by Gasteiger charge is -2.30. The summed E-state index contributed by atoms with van der Waals surface area (Å²) >= 11 is 1.61. The van der Waals surface area contributed by atoms with Crippen molar-refractivity contribution >= 4 is 45.7 Å². The number of ether oxygens (including phenoxy) is 2. The zero-order valence-electron chi connectivity index (χ0n) is 35.9. The highest BCUT2D eigenvalue weighted by molar-refractivity contribution is 7.21. The lowest BCUT2D eigenvalue weighted by Crippen LogP contribution is -2.51. The van der Waals surface area contributed by atoms with Crippen molar-refractivity contribution in [1.82, 2.24) is 40.4 Å². The van der Waals surface area contributed by atoms with Crippen LogP contribution < -0.4 is 10.6 Å². The molecule has 0 spiro atoms. The van der Waals surface area contributed by atoms with Gasteiger partial charge in [0, 0.05) is 23.5 Å². The molecule has 4 amide bonds. The summed E-state index contributed by atoms with van der Waals surface area (Å²) in [6.07, 6.45) is 1.98. The topological polar surface area (TPSA) is 175 Å². The zero-order chi connectivity index (χ0) is 43.5. The van der Waals surface area contributed by atoms with Gasteiger partial charge in [0.05, 0.1) is 38.0 Å². The maximum absolute atomic E-state index is 13.7. The Kier molecular flexibility index (Phi) is 12.8. The number of carbonyl (C=O) groups excluding carboxylic acids is 4. The minimum Gasteiger partial charge on any atom is -0.453 e. The molecule has 2 aliphatic heterocycles. The van der Waals surface area contributed by atoms with Crippen LogP contribution in [0.25, 0.3) is 31.9 Å². The van der Waals surface area contributed by atoms with Gasteiger partial charge in [0.1, 0.15) is 34.3 Å². The van der Waals surface area contributed by atoms with Gasteiger partial charge in [0.25, 0.3) is 0 Å². The molecular formula is C46H54N8O6S. The number of amides is 4. The SMILES string of the molecule is COC(=O)N[C@H](C(=O)N1C[C@@H](C)C[C@H]1c1ncc(C#Cc2ccc(-c3ccc(-c4cc5[nH]c([C@@H]6C[C@H](C)CN6C(=O)[C@@H](NC(=O)OC)C(C)C)nc5s4)cc3)cc2)[nH]1)C(C)C. The van der Waals surface area contributed by atoms with E-state index in [2.05, 4.69) is 93.7 Å². The number of methoxy groups -OCH3 is 2. The number of nitrogens with zero attached hydrogens (tertiary/aromatic N) is 4. The number of nitrogens with one attached hydrogen (secondary N) is 4. The molecule has 15 heteroatoms. The fourth-order valence-electron chi connectivity index (χ4n) is 8.27. The Morgan fingerprint density at radius 2 is 1.25 bits per heavy atom. The van der Waals surface area contributed by atoms with Gasteiger partial charge in [-0.1, -0.05) is 83.9 Å². The first-order chi connectivity index (χ1) is 29.2. The van der Waals surface area contributed by atoms with Crippen molar-refractivity contribution in [3.05, 3.63) is 83.7 Å². The Bertz CT molecular complexity index is 2410. The van der Waals surface area contributed by atoms with Crippen LogP contribution in [0.2, 0.25) is 0 Å². The Morgan fingerprint density at radius 1 is 0.738 bits per heavy atom. The number of hydrogen-bond donors (Lipinski definition) is 4. The zero-order valence-corrected chi connectivity index (χ0v) is 36.7. The third-order valence-corrected chi connectivity index (χ3v) is 12.6. The van der Waals surface area contributed by atoms with E-state index in [1.165, 1.54) is 14.2 Å². The predicted octanol–water partition coefficient (Wildman–Crippen LogP) is 7.66. The molecule has 5 aromatic rings. The van der Waals surface area contributed by atoms with Gasteiger partial charge in [-0.05, 0) is 77.3 Å². The van der Waals surface area contributed by atoms with Gasteiger partial charge in [0.2, 0.25) is 11.8 Å². The van der Waals surface area contributed by atoms with E-state index in [-0.39, 0.29) is 41.7 Å². The number of H-pyrrole nitrogens is 2. The molecule has 3 aromatic heterocycles. The second-order valence-electron chi connectivity index (χ2n) is 16.9. The highest BCUT2D eigenvalue weighted by Crippen LogP contribution is 2.39. The number of aromatic amines is 2. The number of imidazole rings is 2. The molecular weight excluding hydrogens is 793 g/mol. The molecule has 5 heterocycles. The number of likely N-dealkylation sites (tertiary alicyclic amines) is 2. The first-order valence-corrected chi connectivity index (χ1v) is 21.6. The van der Waals surface area contributed by atoms with Crippen molar-refractivity contribution in [3.63, 3.8) is 0 Å². The van der Waals surface area contributed by atoms with E-state index in [0.717, 1.165) is 56.1 Å². The first-order valence-electron chi connectivity index (χ1n) is 20.8. The number of carbonyl (C=O) groups is 4. The molecule has 0 unspecified atom stereocenters. The quantitative estimate of drug-likeness (QED) is 0.104. The summed E-state index contributed by atoms with van der Waals surface area (Å²) in [5.74, 6) is 7.90. The van der Waals surface area contributed by atoms with E-state index in [1.54, 1.807) is 22.4 Å². The largest absolute Gasteiger partial charge is 0.453 e. The summed E-state index contributed by atoms with van der Waals surface area (Å²) in [4.78, 5) is 73.3. The molecule has 14 nitrogen and oxygen atoms in total. The predicted molar refractivity (Wildman–Crippen MR) is 234 cm³/mol. The van der Waals surface area contributed by atoms with Crippen LogP contribution in [-0.2, 0) is 19.1 Å². The van der Waals surface area contributed by atoms with E-state index in [4.69, 9.17) is 14.5 Å². The van der Waals surface area contributed by atoms with Crippen molar-refractivity contribution in [2.45, 2.75) is 78.6 Å². The second-order valence-corrected chi connectivity index (χ2v) is 18.0. The molecule has 61 heavy (non-hydrogen) atoms.